The van der Waals surface area contributed by atoms with Crippen LogP contribution in [0, 0.1) is 20.8 Å². The lowest BCUT2D eigenvalue weighted by atomic mass is 10.00. The predicted octanol–water partition coefficient (Wildman–Crippen LogP) is 3.74. The molecule has 3 rings (SSSR count). The van der Waals surface area contributed by atoms with Gasteiger partial charge in [0.05, 0.1) is 0 Å². The molecule has 0 radical (unpaired) electrons. The van der Waals surface area contributed by atoms with E-state index in [2.05, 4.69) is 16.0 Å². The molecule has 1 amide bonds. The number of hydrogen-bond donors (Lipinski definition) is 0. The molecule has 2 aromatic carbocycles. The van der Waals surface area contributed by atoms with E-state index in [0.29, 0.717) is 12.1 Å². The Morgan fingerprint density at radius 3 is 2.23 bits per heavy atom. The minimum atomic E-state index is -3.66. The molecule has 156 valence electrons. The lowest BCUT2D eigenvalue weighted by Crippen LogP contribution is -2.28. The maximum atomic E-state index is 13.3. The molecule has 0 aliphatic heterocycles. The Morgan fingerprint density at radius 2 is 1.63 bits per heavy atom. The molecule has 0 atom stereocenters. The van der Waals surface area contributed by atoms with Gasteiger partial charge in [-0.2, -0.15) is 0 Å². The number of rotatable bonds is 5. The second-order valence-electron chi connectivity index (χ2n) is 7.66. The van der Waals surface area contributed by atoms with Crippen LogP contribution in [0.2, 0.25) is 0 Å². The summed E-state index contributed by atoms with van der Waals surface area (Å²) in [5, 5.41) is -0.358. The number of carbonyl (C=O) groups excluding carboxylic acids is 1. The molecule has 1 heterocycles. The van der Waals surface area contributed by atoms with E-state index in [1.165, 1.54) is 6.20 Å². The fourth-order valence-corrected chi connectivity index (χ4v) is 3.97. The number of benzene rings is 2. The highest BCUT2D eigenvalue weighted by Crippen LogP contribution is 2.27. The van der Waals surface area contributed by atoms with E-state index in [-0.39, 0.29) is 16.8 Å². The maximum Gasteiger partial charge on any atom is 0.273 e. The zero-order valence-corrected chi connectivity index (χ0v) is 18.6. The molecular formula is C23H25N3O3S. The zero-order valence-electron chi connectivity index (χ0n) is 17.8. The van der Waals surface area contributed by atoms with Crippen LogP contribution in [-0.2, 0) is 16.4 Å². The van der Waals surface area contributed by atoms with Crippen molar-refractivity contribution < 1.29 is 13.2 Å². The van der Waals surface area contributed by atoms with Crippen molar-refractivity contribution in [2.24, 2.45) is 0 Å². The number of aryl methyl sites for hydroxylation is 3. The standard InChI is InChI=1S/C23H25N3O3S/c1-15-10-16(2)12-18(11-15)14-26(4)22(27)21-20(19-9-7-6-8-17(19)3)13-24-23(25-21)30(5,28)29/h6-13H,14H2,1-5H3. The van der Waals surface area contributed by atoms with Crippen LogP contribution in [0.15, 0.2) is 53.8 Å². The van der Waals surface area contributed by atoms with Gasteiger partial charge in [-0.1, -0.05) is 53.6 Å². The molecule has 0 unspecified atom stereocenters. The normalized spacial score (nSPS) is 11.4. The number of aromatic nitrogens is 2. The number of hydrogen-bond acceptors (Lipinski definition) is 5. The van der Waals surface area contributed by atoms with Crippen molar-refractivity contribution in [2.75, 3.05) is 13.3 Å². The topological polar surface area (TPSA) is 80.2 Å². The highest BCUT2D eigenvalue weighted by atomic mass is 32.2. The third-order valence-corrected chi connectivity index (χ3v) is 5.64. The highest BCUT2D eigenvalue weighted by molar-refractivity contribution is 7.90. The average molecular weight is 424 g/mol. The number of amides is 1. The molecule has 0 saturated carbocycles. The third-order valence-electron chi connectivity index (χ3n) is 4.78. The number of nitrogens with zero attached hydrogens (tertiary/aromatic N) is 3. The Balaban J connectivity index is 2.07. The van der Waals surface area contributed by atoms with Gasteiger partial charge in [-0.15, -0.1) is 0 Å². The first-order valence-electron chi connectivity index (χ1n) is 9.52. The Morgan fingerprint density at radius 1 is 1.00 bits per heavy atom. The summed E-state index contributed by atoms with van der Waals surface area (Å²) in [6.45, 7) is 6.33. The molecule has 30 heavy (non-hydrogen) atoms. The van der Waals surface area contributed by atoms with Crippen molar-refractivity contribution in [2.45, 2.75) is 32.5 Å². The Bertz CT molecular complexity index is 1200. The van der Waals surface area contributed by atoms with Gasteiger partial charge in [-0.3, -0.25) is 4.79 Å². The molecule has 3 aromatic rings. The van der Waals surface area contributed by atoms with Crippen molar-refractivity contribution in [3.8, 4) is 11.1 Å². The first-order chi connectivity index (χ1) is 14.1. The van der Waals surface area contributed by atoms with E-state index >= 15 is 0 Å². The monoisotopic (exact) mass is 423 g/mol. The summed E-state index contributed by atoms with van der Waals surface area (Å²) in [4.78, 5) is 23.1. The lowest BCUT2D eigenvalue weighted by molar-refractivity contribution is 0.0779. The summed E-state index contributed by atoms with van der Waals surface area (Å²) < 4.78 is 24.0. The van der Waals surface area contributed by atoms with Crippen molar-refractivity contribution in [3.63, 3.8) is 0 Å². The van der Waals surface area contributed by atoms with E-state index < -0.39 is 9.84 Å². The second-order valence-corrected chi connectivity index (χ2v) is 9.57. The number of carbonyl (C=O) groups is 1. The first-order valence-corrected chi connectivity index (χ1v) is 11.4. The van der Waals surface area contributed by atoms with Crippen LogP contribution in [0.5, 0.6) is 0 Å². The summed E-state index contributed by atoms with van der Waals surface area (Å²) in [6, 6.07) is 13.7. The Kier molecular flexibility index (Phi) is 6.03. The molecule has 0 aliphatic carbocycles. The quantitative estimate of drug-likeness (QED) is 0.584. The molecular weight excluding hydrogens is 398 g/mol. The summed E-state index contributed by atoms with van der Waals surface area (Å²) in [7, 11) is -1.97. The SMILES string of the molecule is Cc1cc(C)cc(CN(C)C(=O)c2nc(S(C)(=O)=O)ncc2-c2ccccc2C)c1. The van der Waals surface area contributed by atoms with Gasteiger partial charge >= 0.3 is 0 Å². The molecule has 0 spiro atoms. The second kappa shape index (κ2) is 8.36. The fraction of sp³-hybridized carbons (Fsp3) is 0.261. The summed E-state index contributed by atoms with van der Waals surface area (Å²) in [5.74, 6) is -0.361. The van der Waals surface area contributed by atoms with Gasteiger partial charge in [0.25, 0.3) is 5.91 Å². The van der Waals surface area contributed by atoms with Crippen LogP contribution in [0.1, 0.15) is 32.7 Å². The van der Waals surface area contributed by atoms with Gasteiger partial charge in [0.2, 0.25) is 15.0 Å². The van der Waals surface area contributed by atoms with Crippen LogP contribution >= 0.6 is 0 Å². The summed E-state index contributed by atoms with van der Waals surface area (Å²) in [5.41, 5.74) is 5.56. The average Bonchev–Trinajstić information content (AvgIpc) is 2.66. The van der Waals surface area contributed by atoms with Gasteiger partial charge < -0.3 is 4.90 Å². The fourth-order valence-electron chi connectivity index (χ4n) is 3.47. The molecule has 0 saturated heterocycles. The van der Waals surface area contributed by atoms with Crippen LogP contribution in [-0.4, -0.2) is 42.5 Å². The molecule has 0 bridgehead atoms. The van der Waals surface area contributed by atoms with Crippen LogP contribution in [0.3, 0.4) is 0 Å². The van der Waals surface area contributed by atoms with Gasteiger partial charge in [-0.25, -0.2) is 18.4 Å². The lowest BCUT2D eigenvalue weighted by Gasteiger charge is -2.20. The third kappa shape index (κ3) is 4.74. The minimum absolute atomic E-state index is 0.0756. The van der Waals surface area contributed by atoms with Crippen molar-refractivity contribution in [1.82, 2.24) is 14.9 Å². The van der Waals surface area contributed by atoms with E-state index in [1.807, 2.05) is 57.2 Å². The maximum absolute atomic E-state index is 13.3. The Labute approximate surface area is 177 Å². The van der Waals surface area contributed by atoms with Crippen molar-refractivity contribution >= 4 is 15.7 Å². The van der Waals surface area contributed by atoms with Gasteiger partial charge in [0.1, 0.15) is 5.69 Å². The Hall–Kier alpha value is -3.06. The molecule has 0 N–H and O–H groups in total. The van der Waals surface area contributed by atoms with Gasteiger partial charge in [-0.05, 0) is 37.5 Å². The van der Waals surface area contributed by atoms with E-state index in [4.69, 9.17) is 0 Å². The summed E-state index contributed by atoms with van der Waals surface area (Å²) >= 11 is 0. The van der Waals surface area contributed by atoms with Crippen LogP contribution in [0.4, 0.5) is 0 Å². The van der Waals surface area contributed by atoms with Gasteiger partial charge in [0, 0.05) is 31.6 Å². The zero-order chi connectivity index (χ0) is 22.1. The first kappa shape index (κ1) is 21.6. The van der Waals surface area contributed by atoms with Gasteiger partial charge in [0.15, 0.2) is 0 Å². The highest BCUT2D eigenvalue weighted by Gasteiger charge is 2.23. The predicted molar refractivity (Wildman–Crippen MR) is 117 cm³/mol. The van der Waals surface area contributed by atoms with E-state index in [0.717, 1.165) is 34.1 Å². The van der Waals surface area contributed by atoms with Crippen LogP contribution in [0.25, 0.3) is 11.1 Å². The molecule has 1 aromatic heterocycles. The summed E-state index contributed by atoms with van der Waals surface area (Å²) in [6.07, 6.45) is 2.45. The van der Waals surface area contributed by atoms with E-state index in [1.54, 1.807) is 11.9 Å². The van der Waals surface area contributed by atoms with Crippen molar-refractivity contribution in [3.05, 3.63) is 76.6 Å². The number of sulfone groups is 1. The van der Waals surface area contributed by atoms with Crippen LogP contribution < -0.4 is 0 Å². The molecule has 7 heteroatoms. The van der Waals surface area contributed by atoms with Crippen molar-refractivity contribution in [1.29, 1.82) is 0 Å². The molecule has 0 aliphatic rings. The van der Waals surface area contributed by atoms with E-state index in [9.17, 15) is 13.2 Å². The molecule has 0 fully saturated rings. The molecule has 6 nitrogen and oxygen atoms in total. The largest absolute Gasteiger partial charge is 0.336 e. The minimum Gasteiger partial charge on any atom is -0.336 e. The smallest absolute Gasteiger partial charge is 0.273 e.